The first-order chi connectivity index (χ1) is 14.4. The Labute approximate surface area is 185 Å². The van der Waals surface area contributed by atoms with E-state index in [-0.39, 0.29) is 12.5 Å². The lowest BCUT2D eigenvalue weighted by atomic mass is 10.2. The molecule has 3 aromatic rings. The summed E-state index contributed by atoms with van der Waals surface area (Å²) in [5, 5.41) is 7.37. The SMILES string of the molecule is COc1cc(CNc2ccc(Cl)cc2)ccc1OCC(=O)Nc1cc(Cl)ccc1C. The Balaban J connectivity index is 1.58. The summed E-state index contributed by atoms with van der Waals surface area (Å²) in [6.45, 7) is 2.35. The molecule has 156 valence electrons. The zero-order valence-corrected chi connectivity index (χ0v) is 18.2. The van der Waals surface area contributed by atoms with Gasteiger partial charge < -0.3 is 20.1 Å². The second-order valence-electron chi connectivity index (χ2n) is 6.64. The average molecular weight is 445 g/mol. The second-order valence-corrected chi connectivity index (χ2v) is 7.51. The molecule has 0 heterocycles. The van der Waals surface area contributed by atoms with Crippen LogP contribution in [0.4, 0.5) is 11.4 Å². The summed E-state index contributed by atoms with van der Waals surface area (Å²) in [6.07, 6.45) is 0. The number of nitrogens with one attached hydrogen (secondary N) is 2. The maximum Gasteiger partial charge on any atom is 0.262 e. The largest absolute Gasteiger partial charge is 0.493 e. The normalized spacial score (nSPS) is 10.4. The Morgan fingerprint density at radius 2 is 1.67 bits per heavy atom. The Morgan fingerprint density at radius 3 is 2.40 bits per heavy atom. The molecule has 0 aliphatic carbocycles. The van der Waals surface area contributed by atoms with Crippen LogP contribution in [-0.2, 0) is 11.3 Å². The van der Waals surface area contributed by atoms with Crippen molar-refractivity contribution in [3.63, 3.8) is 0 Å². The van der Waals surface area contributed by atoms with Crippen molar-refractivity contribution in [1.29, 1.82) is 0 Å². The molecule has 0 spiro atoms. The van der Waals surface area contributed by atoms with E-state index in [1.807, 2.05) is 49.4 Å². The van der Waals surface area contributed by atoms with Crippen LogP contribution in [0.2, 0.25) is 10.0 Å². The summed E-state index contributed by atoms with van der Waals surface area (Å²) in [6, 6.07) is 18.4. The van der Waals surface area contributed by atoms with E-state index >= 15 is 0 Å². The van der Waals surface area contributed by atoms with Crippen molar-refractivity contribution in [1.82, 2.24) is 0 Å². The number of aryl methyl sites for hydroxylation is 1. The number of rotatable bonds is 8. The van der Waals surface area contributed by atoms with E-state index in [4.69, 9.17) is 32.7 Å². The van der Waals surface area contributed by atoms with Crippen molar-refractivity contribution in [2.45, 2.75) is 13.5 Å². The van der Waals surface area contributed by atoms with Gasteiger partial charge in [-0.25, -0.2) is 0 Å². The minimum Gasteiger partial charge on any atom is -0.493 e. The molecule has 0 saturated heterocycles. The minimum atomic E-state index is -0.282. The van der Waals surface area contributed by atoms with E-state index < -0.39 is 0 Å². The fraction of sp³-hybridized carbons (Fsp3) is 0.174. The number of amides is 1. The number of anilines is 2. The summed E-state index contributed by atoms with van der Waals surface area (Å²) in [5.41, 5.74) is 3.55. The molecular formula is C23H22Cl2N2O3. The van der Waals surface area contributed by atoms with Gasteiger partial charge in [-0.3, -0.25) is 4.79 Å². The van der Waals surface area contributed by atoms with E-state index in [0.29, 0.717) is 33.8 Å². The van der Waals surface area contributed by atoms with Crippen LogP contribution in [0, 0.1) is 6.92 Å². The lowest BCUT2D eigenvalue weighted by molar-refractivity contribution is -0.118. The van der Waals surface area contributed by atoms with E-state index in [0.717, 1.165) is 16.8 Å². The first kappa shape index (κ1) is 21.8. The molecule has 3 rings (SSSR count). The number of benzene rings is 3. The maximum atomic E-state index is 12.3. The molecule has 2 N–H and O–H groups in total. The van der Waals surface area contributed by atoms with Gasteiger partial charge in [-0.1, -0.05) is 35.3 Å². The van der Waals surface area contributed by atoms with Gasteiger partial charge in [0.15, 0.2) is 18.1 Å². The summed E-state index contributed by atoms with van der Waals surface area (Å²) in [4.78, 5) is 12.3. The predicted octanol–water partition coefficient (Wildman–Crippen LogP) is 5.94. The molecule has 0 aromatic heterocycles. The van der Waals surface area contributed by atoms with Crippen LogP contribution in [0.15, 0.2) is 60.7 Å². The molecule has 0 aliphatic rings. The number of hydrogen-bond acceptors (Lipinski definition) is 4. The van der Waals surface area contributed by atoms with Crippen LogP contribution >= 0.6 is 23.2 Å². The molecule has 0 fully saturated rings. The first-order valence-corrected chi connectivity index (χ1v) is 10.1. The maximum absolute atomic E-state index is 12.3. The number of carbonyl (C=O) groups is 1. The topological polar surface area (TPSA) is 59.6 Å². The third kappa shape index (κ3) is 6.05. The Bertz CT molecular complexity index is 1020. The zero-order valence-electron chi connectivity index (χ0n) is 16.7. The van der Waals surface area contributed by atoms with Crippen molar-refractivity contribution < 1.29 is 14.3 Å². The molecule has 0 aliphatic heterocycles. The zero-order chi connectivity index (χ0) is 21.5. The number of carbonyl (C=O) groups excluding carboxylic acids is 1. The summed E-state index contributed by atoms with van der Waals surface area (Å²) < 4.78 is 11.1. The van der Waals surface area contributed by atoms with Crippen molar-refractivity contribution >= 4 is 40.5 Å². The van der Waals surface area contributed by atoms with Gasteiger partial charge in [0.25, 0.3) is 5.91 Å². The second kappa shape index (κ2) is 10.2. The molecule has 0 saturated carbocycles. The fourth-order valence-electron chi connectivity index (χ4n) is 2.77. The standard InChI is InChI=1S/C23H22Cl2N2O3/c1-15-3-5-18(25)12-20(15)27-23(28)14-30-21-10-4-16(11-22(21)29-2)13-26-19-8-6-17(24)7-9-19/h3-12,26H,13-14H2,1-2H3,(H,27,28). The van der Waals surface area contributed by atoms with Crippen molar-refractivity contribution in [3.8, 4) is 11.5 Å². The summed E-state index contributed by atoms with van der Waals surface area (Å²) in [5.74, 6) is 0.763. The average Bonchev–Trinajstić information content (AvgIpc) is 2.74. The van der Waals surface area contributed by atoms with Crippen molar-refractivity contribution in [3.05, 3.63) is 81.8 Å². The highest BCUT2D eigenvalue weighted by Gasteiger charge is 2.10. The molecule has 5 nitrogen and oxygen atoms in total. The number of ether oxygens (including phenoxy) is 2. The monoisotopic (exact) mass is 444 g/mol. The van der Waals surface area contributed by atoms with Crippen LogP contribution in [0.3, 0.4) is 0 Å². The number of halogens is 2. The van der Waals surface area contributed by atoms with Crippen LogP contribution in [0.1, 0.15) is 11.1 Å². The van der Waals surface area contributed by atoms with E-state index in [2.05, 4.69) is 10.6 Å². The van der Waals surface area contributed by atoms with E-state index in [1.54, 1.807) is 25.3 Å². The molecule has 0 unspecified atom stereocenters. The van der Waals surface area contributed by atoms with Crippen molar-refractivity contribution in [2.24, 2.45) is 0 Å². The molecule has 3 aromatic carbocycles. The highest BCUT2D eigenvalue weighted by molar-refractivity contribution is 6.31. The molecule has 1 amide bonds. The lowest BCUT2D eigenvalue weighted by Crippen LogP contribution is -2.20. The van der Waals surface area contributed by atoms with Gasteiger partial charge in [-0.15, -0.1) is 0 Å². The lowest BCUT2D eigenvalue weighted by Gasteiger charge is -2.14. The molecular weight excluding hydrogens is 423 g/mol. The van der Waals surface area contributed by atoms with E-state index in [1.165, 1.54) is 0 Å². The molecule has 0 bridgehead atoms. The quantitative estimate of drug-likeness (QED) is 0.451. The molecule has 0 atom stereocenters. The Kier molecular flexibility index (Phi) is 7.44. The van der Waals surface area contributed by atoms with Gasteiger partial charge in [-0.05, 0) is 66.6 Å². The molecule has 30 heavy (non-hydrogen) atoms. The van der Waals surface area contributed by atoms with Crippen LogP contribution in [0.5, 0.6) is 11.5 Å². The van der Waals surface area contributed by atoms with Crippen LogP contribution in [-0.4, -0.2) is 19.6 Å². The number of hydrogen-bond donors (Lipinski definition) is 2. The third-order valence-electron chi connectivity index (χ3n) is 4.40. The fourth-order valence-corrected chi connectivity index (χ4v) is 3.07. The number of methoxy groups -OCH3 is 1. The van der Waals surface area contributed by atoms with Crippen LogP contribution < -0.4 is 20.1 Å². The van der Waals surface area contributed by atoms with Gasteiger partial charge in [0, 0.05) is 28.0 Å². The summed E-state index contributed by atoms with van der Waals surface area (Å²) in [7, 11) is 1.56. The highest BCUT2D eigenvalue weighted by Crippen LogP contribution is 2.29. The van der Waals surface area contributed by atoms with E-state index in [9.17, 15) is 4.79 Å². The van der Waals surface area contributed by atoms with Gasteiger partial charge in [0.05, 0.1) is 7.11 Å². The third-order valence-corrected chi connectivity index (χ3v) is 4.89. The van der Waals surface area contributed by atoms with Gasteiger partial charge in [0.2, 0.25) is 0 Å². The summed E-state index contributed by atoms with van der Waals surface area (Å²) >= 11 is 11.9. The van der Waals surface area contributed by atoms with Crippen LogP contribution in [0.25, 0.3) is 0 Å². The Morgan fingerprint density at radius 1 is 0.933 bits per heavy atom. The predicted molar refractivity (Wildman–Crippen MR) is 122 cm³/mol. The highest BCUT2D eigenvalue weighted by atomic mass is 35.5. The first-order valence-electron chi connectivity index (χ1n) is 9.30. The molecule has 7 heteroatoms. The van der Waals surface area contributed by atoms with Gasteiger partial charge in [-0.2, -0.15) is 0 Å². The Hall–Kier alpha value is -2.89. The minimum absolute atomic E-state index is 0.148. The van der Waals surface area contributed by atoms with Gasteiger partial charge >= 0.3 is 0 Å². The smallest absolute Gasteiger partial charge is 0.262 e. The molecule has 0 radical (unpaired) electrons. The van der Waals surface area contributed by atoms with Gasteiger partial charge in [0.1, 0.15) is 0 Å². The van der Waals surface area contributed by atoms with Crippen molar-refractivity contribution in [2.75, 3.05) is 24.4 Å².